The highest BCUT2D eigenvalue weighted by Crippen LogP contribution is 2.40. The molecule has 11 N–H and O–H groups in total. The molecule has 0 radical (unpaired) electrons. The number of thioether (sulfide) groups is 2. The SMILES string of the molecule is C[C@H](O/N=C(\C(=O)N[C@@H]1C(=O)N2C(C(=O)O)=C(C[n+]3cnc(N)c(NCCNC(=O)c4ccc(O)c(O)c4)c3)CSC12)C1=CSC(N)=CC=C1)C(=O)O. The molecule has 53 heavy (non-hydrogen) atoms. The molecule has 0 saturated carbocycles. The monoisotopic (exact) mass is 768 g/mol. The number of nitrogens with zero attached hydrogens (tertiary/aromatic N) is 4. The molecule has 1 unspecified atom stereocenters. The van der Waals surface area contributed by atoms with E-state index in [4.69, 9.17) is 16.3 Å². The van der Waals surface area contributed by atoms with Gasteiger partial charge in [-0.3, -0.25) is 19.3 Å². The predicted octanol–water partition coefficient (Wildman–Crippen LogP) is -0.224. The van der Waals surface area contributed by atoms with Gasteiger partial charge in [0.2, 0.25) is 6.10 Å². The first kappa shape index (κ1) is 38.0. The lowest BCUT2D eigenvalue weighted by atomic mass is 10.0. The fourth-order valence-corrected chi connectivity index (χ4v) is 7.01. The number of oxime groups is 1. The summed E-state index contributed by atoms with van der Waals surface area (Å²) in [5.41, 5.74) is 12.5. The van der Waals surface area contributed by atoms with E-state index in [1.807, 2.05) is 0 Å². The Bertz CT molecular complexity index is 2020. The molecule has 278 valence electrons. The first-order chi connectivity index (χ1) is 25.2. The first-order valence-electron chi connectivity index (χ1n) is 15.6. The van der Waals surface area contributed by atoms with E-state index in [9.17, 15) is 44.4 Å². The number of rotatable bonds is 14. The highest BCUT2D eigenvalue weighted by molar-refractivity contribution is 8.05. The molecule has 3 atom stereocenters. The Hall–Kier alpha value is -6.22. The minimum absolute atomic E-state index is 0.0242. The Balaban J connectivity index is 1.25. The molecule has 1 saturated heterocycles. The zero-order valence-corrected chi connectivity index (χ0v) is 29.4. The van der Waals surface area contributed by atoms with E-state index >= 15 is 0 Å². The van der Waals surface area contributed by atoms with E-state index in [1.165, 1.54) is 48.6 Å². The summed E-state index contributed by atoms with van der Waals surface area (Å²) in [4.78, 5) is 73.3. The largest absolute Gasteiger partial charge is 0.504 e. The number of phenolic OH excluding ortho intramolecular Hbond substituents is 2. The van der Waals surface area contributed by atoms with Gasteiger partial charge in [0, 0.05) is 35.6 Å². The quantitative estimate of drug-likeness (QED) is 0.0300. The van der Waals surface area contributed by atoms with Crippen molar-refractivity contribution in [2.24, 2.45) is 10.9 Å². The van der Waals surface area contributed by atoms with Crippen molar-refractivity contribution in [3.63, 3.8) is 0 Å². The number of fused-ring (bicyclic) bond motifs is 1. The number of nitrogen functional groups attached to an aromatic ring is 1. The van der Waals surface area contributed by atoms with Crippen LogP contribution in [0.3, 0.4) is 0 Å². The van der Waals surface area contributed by atoms with E-state index < -0.39 is 52.9 Å². The van der Waals surface area contributed by atoms with Gasteiger partial charge >= 0.3 is 11.9 Å². The molecule has 5 rings (SSSR count). The zero-order chi connectivity index (χ0) is 38.4. The fraction of sp³-hybridized carbons (Fsp3) is 0.250. The average molecular weight is 769 g/mol. The molecule has 3 amide bonds. The van der Waals surface area contributed by atoms with Crippen LogP contribution in [-0.2, 0) is 30.6 Å². The zero-order valence-electron chi connectivity index (χ0n) is 27.8. The summed E-state index contributed by atoms with van der Waals surface area (Å²) in [6, 6.07) is 2.56. The smallest absolute Gasteiger partial charge is 0.352 e. The van der Waals surface area contributed by atoms with Crippen molar-refractivity contribution in [3.05, 3.63) is 81.8 Å². The van der Waals surface area contributed by atoms with Crippen LogP contribution >= 0.6 is 23.5 Å². The maximum Gasteiger partial charge on any atom is 0.352 e. The van der Waals surface area contributed by atoms with Crippen LogP contribution in [-0.4, -0.2) is 102 Å². The first-order valence-corrected chi connectivity index (χ1v) is 17.5. The maximum absolute atomic E-state index is 13.5. The Morgan fingerprint density at radius 3 is 2.66 bits per heavy atom. The van der Waals surface area contributed by atoms with E-state index in [2.05, 4.69) is 26.1 Å². The molecule has 4 heterocycles. The summed E-state index contributed by atoms with van der Waals surface area (Å²) >= 11 is 2.32. The predicted molar refractivity (Wildman–Crippen MR) is 192 cm³/mol. The second-order valence-corrected chi connectivity index (χ2v) is 13.5. The fourth-order valence-electron chi connectivity index (χ4n) is 5.06. The molecule has 19 nitrogen and oxygen atoms in total. The van der Waals surface area contributed by atoms with Crippen molar-refractivity contribution in [1.29, 1.82) is 0 Å². The number of benzene rings is 1. The Kier molecular flexibility index (Phi) is 11.8. The topological polar surface area (TPSA) is 296 Å². The lowest BCUT2D eigenvalue weighted by Gasteiger charge is -2.49. The summed E-state index contributed by atoms with van der Waals surface area (Å²) in [5, 5.41) is 51.7. The van der Waals surface area contributed by atoms with Gasteiger partial charge in [-0.2, -0.15) is 0 Å². The average Bonchev–Trinajstić information content (AvgIpc) is 3.34. The lowest BCUT2D eigenvalue weighted by Crippen LogP contribution is -2.71. The number of hydrogen-bond acceptors (Lipinski definition) is 15. The number of amides is 3. The van der Waals surface area contributed by atoms with Crippen LogP contribution in [0.5, 0.6) is 11.5 Å². The van der Waals surface area contributed by atoms with Gasteiger partial charge in [-0.15, -0.1) is 11.8 Å². The van der Waals surface area contributed by atoms with Crippen molar-refractivity contribution in [2.75, 3.05) is 29.9 Å². The number of carbonyl (C=O) groups is 5. The number of nitrogens with one attached hydrogen (secondary N) is 3. The van der Waals surface area contributed by atoms with Crippen molar-refractivity contribution >= 4 is 70.4 Å². The number of carbonyl (C=O) groups excluding carboxylic acids is 3. The highest BCUT2D eigenvalue weighted by Gasteiger charge is 2.54. The molecule has 1 aromatic heterocycles. The number of β-lactam (4-membered cyclic amide) rings is 1. The van der Waals surface area contributed by atoms with Crippen LogP contribution in [0, 0.1) is 0 Å². The van der Waals surface area contributed by atoms with Gasteiger partial charge in [0.1, 0.15) is 35.5 Å². The molecule has 3 aliphatic heterocycles. The van der Waals surface area contributed by atoms with Crippen molar-refractivity contribution < 1.29 is 53.8 Å². The molecule has 21 heteroatoms. The van der Waals surface area contributed by atoms with Crippen LogP contribution in [0.25, 0.3) is 0 Å². The molecule has 1 fully saturated rings. The Morgan fingerprint density at radius 1 is 1.17 bits per heavy atom. The summed E-state index contributed by atoms with van der Waals surface area (Å²) in [7, 11) is 0. The molecule has 0 bridgehead atoms. The van der Waals surface area contributed by atoms with Gasteiger partial charge in [0.25, 0.3) is 29.9 Å². The minimum atomic E-state index is -1.39. The van der Waals surface area contributed by atoms with Crippen molar-refractivity contribution in [3.8, 4) is 11.5 Å². The third-order valence-corrected chi connectivity index (χ3v) is 9.91. The third kappa shape index (κ3) is 8.81. The lowest BCUT2D eigenvalue weighted by molar-refractivity contribution is -0.691. The molecule has 0 spiro atoms. The molecule has 1 aromatic carbocycles. The number of aromatic nitrogens is 2. The minimum Gasteiger partial charge on any atom is -0.504 e. The molecular formula is C32H34N9O10S2+. The Labute approximate surface area is 309 Å². The second kappa shape index (κ2) is 16.4. The molecule has 0 aliphatic carbocycles. The second-order valence-electron chi connectivity index (χ2n) is 11.5. The molecule has 2 aromatic rings. The number of allylic oxidation sites excluding steroid dienone is 3. The van der Waals surface area contributed by atoms with Crippen LogP contribution < -0.4 is 32.0 Å². The van der Waals surface area contributed by atoms with Crippen LogP contribution in [0.2, 0.25) is 0 Å². The van der Waals surface area contributed by atoms with Gasteiger partial charge < -0.3 is 52.7 Å². The molecule has 3 aliphatic rings. The number of hydrogen-bond donors (Lipinski definition) is 9. The number of aliphatic carboxylic acids is 2. The number of carboxylic acid groups (broad SMARTS) is 2. The van der Waals surface area contributed by atoms with E-state index in [0.29, 0.717) is 16.3 Å². The number of anilines is 2. The highest BCUT2D eigenvalue weighted by atomic mass is 32.2. The van der Waals surface area contributed by atoms with Crippen molar-refractivity contribution in [2.45, 2.75) is 31.0 Å². The number of carboxylic acids is 2. The van der Waals surface area contributed by atoms with Gasteiger partial charge in [-0.1, -0.05) is 29.1 Å². The van der Waals surface area contributed by atoms with Gasteiger partial charge in [0.15, 0.2) is 17.2 Å². The maximum atomic E-state index is 13.5. The number of aromatic hydroxyl groups is 2. The van der Waals surface area contributed by atoms with Gasteiger partial charge in [-0.25, -0.2) is 14.2 Å². The van der Waals surface area contributed by atoms with E-state index in [1.54, 1.807) is 22.9 Å². The summed E-state index contributed by atoms with van der Waals surface area (Å²) in [5.74, 6) is -5.15. The van der Waals surface area contributed by atoms with Gasteiger partial charge in [-0.05, 0) is 41.6 Å². The molecular weight excluding hydrogens is 735 g/mol. The standard InChI is InChI=1S/C32H33N9O10S2/c1-15(31(47)48)51-39-23(17-3-2-4-22(33)52-12-17)28(45)38-24-29(46)41-25(32(49)50)18(13-53-30(24)41)10-40-11-19(26(34)37-14-40)35-7-8-36-27(44)16-5-6-20(42)21(43)9-16/h2-6,9,11-12,14-15,24,30,34-35H,7-8,10,13,33H2,1H3,(H6,36,38,39,42,43,44,45,47,48,49,50)/p+1/t15-,24+,30?/m0/s1. The van der Waals surface area contributed by atoms with Crippen LogP contribution in [0.1, 0.15) is 17.3 Å². The van der Waals surface area contributed by atoms with E-state index in [0.717, 1.165) is 22.7 Å². The van der Waals surface area contributed by atoms with Crippen LogP contribution in [0.15, 0.2) is 81.4 Å². The van der Waals surface area contributed by atoms with Gasteiger partial charge in [0.05, 0.1) is 5.03 Å². The summed E-state index contributed by atoms with van der Waals surface area (Å²) in [6.45, 7) is 1.62. The van der Waals surface area contributed by atoms with Crippen molar-refractivity contribution in [1.82, 2.24) is 20.5 Å². The third-order valence-electron chi connectivity index (χ3n) is 7.79. The van der Waals surface area contributed by atoms with Crippen LogP contribution in [0.4, 0.5) is 11.5 Å². The number of phenols is 2. The normalized spacial score (nSPS) is 18.8. The Morgan fingerprint density at radius 2 is 1.94 bits per heavy atom. The van der Waals surface area contributed by atoms with E-state index in [-0.39, 0.29) is 59.5 Å². The summed E-state index contributed by atoms with van der Waals surface area (Å²) in [6.07, 6.45) is 6.27. The summed E-state index contributed by atoms with van der Waals surface area (Å²) < 4.78 is 1.58. The number of nitrogens with two attached hydrogens (primary N) is 2.